The number of hydrogen-bond acceptors (Lipinski definition) is 1. The quantitative estimate of drug-likeness (QED) is 0.695. The molecule has 17 heavy (non-hydrogen) atoms. The minimum atomic E-state index is 1.05. The van der Waals surface area contributed by atoms with Gasteiger partial charge in [0.2, 0.25) is 0 Å². The number of rotatable bonds is 3. The smallest absolute Gasteiger partial charge is 0.0704 e. The van der Waals surface area contributed by atoms with Crippen molar-refractivity contribution in [3.63, 3.8) is 0 Å². The van der Waals surface area contributed by atoms with E-state index in [1.54, 1.807) is 0 Å². The molecule has 0 saturated heterocycles. The first-order chi connectivity index (χ1) is 8.33. The van der Waals surface area contributed by atoms with E-state index < -0.39 is 0 Å². The largest absolute Gasteiger partial charge is 0.256 e. The SMILES string of the molecule is C=C/C=C\C1=C(C)CCC=C1c1ccccn1. The average Bonchev–Trinajstić information content (AvgIpc) is 2.38. The molecular weight excluding hydrogens is 206 g/mol. The van der Waals surface area contributed by atoms with Crippen LogP contribution in [0, 0.1) is 0 Å². The fourth-order valence-corrected chi connectivity index (χ4v) is 2.07. The summed E-state index contributed by atoms with van der Waals surface area (Å²) in [5.74, 6) is 0. The number of hydrogen-bond donors (Lipinski definition) is 0. The third kappa shape index (κ3) is 2.62. The maximum Gasteiger partial charge on any atom is 0.0704 e. The molecule has 0 fully saturated rings. The fraction of sp³-hybridized carbons (Fsp3) is 0.188. The van der Waals surface area contributed by atoms with E-state index in [-0.39, 0.29) is 0 Å². The van der Waals surface area contributed by atoms with Crippen LogP contribution in [0.4, 0.5) is 0 Å². The van der Waals surface area contributed by atoms with Crippen LogP contribution in [0.1, 0.15) is 25.5 Å². The van der Waals surface area contributed by atoms with E-state index in [0.29, 0.717) is 0 Å². The van der Waals surface area contributed by atoms with Crippen molar-refractivity contribution in [2.75, 3.05) is 0 Å². The van der Waals surface area contributed by atoms with Gasteiger partial charge in [-0.1, -0.05) is 42.5 Å². The molecule has 2 rings (SSSR count). The van der Waals surface area contributed by atoms with Gasteiger partial charge in [0.1, 0.15) is 0 Å². The standard InChI is InChI=1S/C16H17N/c1-3-4-9-14-13(2)8-7-10-15(14)16-11-5-6-12-17-16/h3-6,9-12H,1,7-8H2,2H3/b9-4-. The van der Waals surface area contributed by atoms with Crippen molar-refractivity contribution in [3.05, 3.63) is 72.1 Å². The number of nitrogens with zero attached hydrogens (tertiary/aromatic N) is 1. The third-order valence-corrected chi connectivity index (χ3v) is 2.96. The van der Waals surface area contributed by atoms with E-state index in [9.17, 15) is 0 Å². The van der Waals surface area contributed by atoms with E-state index in [2.05, 4.69) is 36.7 Å². The molecule has 0 unspecified atom stereocenters. The van der Waals surface area contributed by atoms with Crippen LogP contribution in [0.5, 0.6) is 0 Å². The van der Waals surface area contributed by atoms with Crippen LogP contribution in [0.25, 0.3) is 5.57 Å². The molecule has 86 valence electrons. The Balaban J connectivity index is 2.42. The fourth-order valence-electron chi connectivity index (χ4n) is 2.07. The first-order valence-electron chi connectivity index (χ1n) is 5.93. The van der Waals surface area contributed by atoms with Gasteiger partial charge in [-0.2, -0.15) is 0 Å². The second kappa shape index (κ2) is 5.44. The zero-order valence-electron chi connectivity index (χ0n) is 10.2. The van der Waals surface area contributed by atoms with Gasteiger partial charge in [0.15, 0.2) is 0 Å². The zero-order chi connectivity index (χ0) is 12.1. The minimum Gasteiger partial charge on any atom is -0.256 e. The van der Waals surface area contributed by atoms with Crippen molar-refractivity contribution in [2.24, 2.45) is 0 Å². The molecule has 0 spiro atoms. The van der Waals surface area contributed by atoms with Gasteiger partial charge in [-0.15, -0.1) is 0 Å². The van der Waals surface area contributed by atoms with Gasteiger partial charge < -0.3 is 0 Å². The van der Waals surface area contributed by atoms with Crippen molar-refractivity contribution in [1.29, 1.82) is 0 Å². The third-order valence-electron chi connectivity index (χ3n) is 2.96. The van der Waals surface area contributed by atoms with E-state index >= 15 is 0 Å². The normalized spacial score (nSPS) is 16.2. The lowest BCUT2D eigenvalue weighted by molar-refractivity contribution is 0.951. The number of aromatic nitrogens is 1. The lowest BCUT2D eigenvalue weighted by atomic mass is 9.89. The molecule has 1 nitrogen and oxygen atoms in total. The summed E-state index contributed by atoms with van der Waals surface area (Å²) in [5, 5.41) is 0. The molecule has 0 amide bonds. The molecule has 1 aliphatic carbocycles. The van der Waals surface area contributed by atoms with Crippen LogP contribution in [-0.4, -0.2) is 4.98 Å². The lowest BCUT2D eigenvalue weighted by Gasteiger charge is -2.17. The van der Waals surface area contributed by atoms with Gasteiger partial charge >= 0.3 is 0 Å². The molecule has 0 radical (unpaired) electrons. The Hall–Kier alpha value is -1.89. The van der Waals surface area contributed by atoms with Crippen LogP contribution in [0.15, 0.2) is 66.4 Å². The van der Waals surface area contributed by atoms with Crippen molar-refractivity contribution in [1.82, 2.24) is 4.98 Å². The topological polar surface area (TPSA) is 12.9 Å². The minimum absolute atomic E-state index is 1.05. The Labute approximate surface area is 103 Å². The Morgan fingerprint density at radius 2 is 2.24 bits per heavy atom. The van der Waals surface area contributed by atoms with E-state index in [0.717, 1.165) is 18.5 Å². The Kier molecular flexibility index (Phi) is 3.71. The summed E-state index contributed by atoms with van der Waals surface area (Å²) in [7, 11) is 0. The number of pyridine rings is 1. The highest BCUT2D eigenvalue weighted by molar-refractivity contribution is 5.81. The lowest BCUT2D eigenvalue weighted by Crippen LogP contribution is -1.99. The predicted molar refractivity (Wildman–Crippen MR) is 73.5 cm³/mol. The van der Waals surface area contributed by atoms with Gasteiger partial charge in [-0.05, 0) is 37.5 Å². The maximum atomic E-state index is 4.43. The Morgan fingerprint density at radius 1 is 1.35 bits per heavy atom. The van der Waals surface area contributed by atoms with Gasteiger partial charge in [0.25, 0.3) is 0 Å². The molecule has 0 aliphatic heterocycles. The van der Waals surface area contributed by atoms with E-state index in [1.165, 1.54) is 16.7 Å². The summed E-state index contributed by atoms with van der Waals surface area (Å²) >= 11 is 0. The van der Waals surface area contributed by atoms with E-state index in [1.807, 2.05) is 30.5 Å². The highest BCUT2D eigenvalue weighted by Gasteiger charge is 2.13. The molecule has 0 bridgehead atoms. The van der Waals surface area contributed by atoms with E-state index in [4.69, 9.17) is 0 Å². The number of allylic oxidation sites excluding steroid dienone is 7. The van der Waals surface area contributed by atoms with Crippen molar-refractivity contribution >= 4 is 5.57 Å². The average molecular weight is 223 g/mol. The molecular formula is C16H17N. The molecule has 0 saturated carbocycles. The summed E-state index contributed by atoms with van der Waals surface area (Å²) in [6, 6.07) is 6.04. The van der Waals surface area contributed by atoms with Crippen LogP contribution >= 0.6 is 0 Å². The molecule has 1 aromatic heterocycles. The van der Waals surface area contributed by atoms with Crippen molar-refractivity contribution < 1.29 is 0 Å². The predicted octanol–water partition coefficient (Wildman–Crippen LogP) is 4.32. The second-order valence-electron chi connectivity index (χ2n) is 4.16. The summed E-state index contributed by atoms with van der Waals surface area (Å²) < 4.78 is 0. The summed E-state index contributed by atoms with van der Waals surface area (Å²) in [6.07, 6.45) is 12.3. The molecule has 1 heterocycles. The van der Waals surface area contributed by atoms with Crippen molar-refractivity contribution in [3.8, 4) is 0 Å². The van der Waals surface area contributed by atoms with Crippen molar-refractivity contribution in [2.45, 2.75) is 19.8 Å². The molecule has 1 heteroatoms. The van der Waals surface area contributed by atoms with Crippen LogP contribution < -0.4 is 0 Å². The monoisotopic (exact) mass is 223 g/mol. The summed E-state index contributed by atoms with van der Waals surface area (Å²) in [5.41, 5.74) is 5.00. The molecule has 1 aromatic rings. The van der Waals surface area contributed by atoms with Gasteiger partial charge in [0.05, 0.1) is 5.69 Å². The Bertz CT molecular complexity index is 490. The molecule has 1 aliphatic rings. The van der Waals surface area contributed by atoms with Gasteiger partial charge in [0, 0.05) is 11.8 Å². The molecule has 0 aromatic carbocycles. The van der Waals surface area contributed by atoms with Crippen LogP contribution in [0.3, 0.4) is 0 Å². The highest BCUT2D eigenvalue weighted by Crippen LogP contribution is 2.32. The molecule has 0 atom stereocenters. The molecule has 0 N–H and O–H groups in total. The second-order valence-corrected chi connectivity index (χ2v) is 4.16. The summed E-state index contributed by atoms with van der Waals surface area (Å²) in [4.78, 5) is 4.43. The highest BCUT2D eigenvalue weighted by atomic mass is 14.7. The Morgan fingerprint density at radius 3 is 2.94 bits per heavy atom. The van der Waals surface area contributed by atoms with Crippen LogP contribution in [-0.2, 0) is 0 Å². The zero-order valence-corrected chi connectivity index (χ0v) is 10.2. The first-order valence-corrected chi connectivity index (χ1v) is 5.93. The first kappa shape index (κ1) is 11.6. The summed E-state index contributed by atoms with van der Waals surface area (Å²) in [6.45, 7) is 5.92. The van der Waals surface area contributed by atoms with Gasteiger partial charge in [-0.3, -0.25) is 4.98 Å². The maximum absolute atomic E-state index is 4.43. The van der Waals surface area contributed by atoms with Gasteiger partial charge in [-0.25, -0.2) is 0 Å². The van der Waals surface area contributed by atoms with Crippen LogP contribution in [0.2, 0.25) is 0 Å².